The molecule has 3 aromatic carbocycles. The van der Waals surface area contributed by atoms with Gasteiger partial charge in [0.25, 0.3) is 0 Å². The molecule has 0 saturated heterocycles. The first-order chi connectivity index (χ1) is 12.3. The van der Waals surface area contributed by atoms with Gasteiger partial charge < -0.3 is 9.47 Å². The van der Waals surface area contributed by atoms with Gasteiger partial charge in [0.2, 0.25) is 5.90 Å². The van der Waals surface area contributed by atoms with E-state index < -0.39 is 10.8 Å². The normalized spacial score (nSPS) is 14.8. The number of methoxy groups -OCH3 is 1. The van der Waals surface area contributed by atoms with E-state index in [1.54, 1.807) is 7.11 Å². The van der Waals surface area contributed by atoms with Crippen molar-refractivity contribution in [2.24, 2.45) is 4.99 Å². The van der Waals surface area contributed by atoms with Gasteiger partial charge in [-0.25, -0.2) is 9.20 Å². The van der Waals surface area contributed by atoms with Crippen LogP contribution < -0.4 is 4.74 Å². The van der Waals surface area contributed by atoms with Crippen LogP contribution in [0.15, 0.2) is 75.4 Å². The third kappa shape index (κ3) is 2.81. The molecule has 126 valence electrons. The average Bonchev–Trinajstić information content (AvgIpc) is 3.21. The van der Waals surface area contributed by atoms with Crippen LogP contribution in [0, 0.1) is 0 Å². The quantitative estimate of drug-likeness (QED) is 0.718. The van der Waals surface area contributed by atoms with Crippen LogP contribution in [0.4, 0.5) is 0 Å². The van der Waals surface area contributed by atoms with Crippen molar-refractivity contribution < 1.29 is 13.7 Å². The molecule has 0 radical (unpaired) electrons. The van der Waals surface area contributed by atoms with Gasteiger partial charge in [0.1, 0.15) is 12.4 Å². The maximum atomic E-state index is 13.5. The summed E-state index contributed by atoms with van der Waals surface area (Å²) in [7, 11) is 0.172. The molecule has 0 saturated carbocycles. The van der Waals surface area contributed by atoms with E-state index in [-0.39, 0.29) is 0 Å². The number of fused-ring (bicyclic) bond motifs is 1. The Labute approximate surface area is 148 Å². The van der Waals surface area contributed by atoms with Crippen LogP contribution in [0.2, 0.25) is 0 Å². The lowest BCUT2D eigenvalue weighted by Gasteiger charge is -2.14. The van der Waals surface area contributed by atoms with Gasteiger partial charge in [-0.15, -0.1) is 0 Å². The Kier molecular flexibility index (Phi) is 4.24. The predicted molar refractivity (Wildman–Crippen MR) is 99.0 cm³/mol. The highest BCUT2D eigenvalue weighted by molar-refractivity contribution is 7.85. The summed E-state index contributed by atoms with van der Waals surface area (Å²) in [5.74, 6) is 1.17. The molecule has 1 aliphatic rings. The zero-order valence-corrected chi connectivity index (χ0v) is 14.6. The van der Waals surface area contributed by atoms with E-state index in [2.05, 4.69) is 4.99 Å². The summed E-state index contributed by atoms with van der Waals surface area (Å²) in [4.78, 5) is 5.73. The number of hydrogen-bond donors (Lipinski definition) is 0. The van der Waals surface area contributed by atoms with Crippen molar-refractivity contribution >= 4 is 27.5 Å². The predicted octanol–water partition coefficient (Wildman–Crippen LogP) is 3.79. The highest BCUT2D eigenvalue weighted by Crippen LogP contribution is 2.34. The van der Waals surface area contributed by atoms with Gasteiger partial charge in [-0.2, -0.15) is 0 Å². The number of rotatable bonds is 4. The molecule has 0 amide bonds. The maximum Gasteiger partial charge on any atom is 0.217 e. The molecule has 1 atom stereocenters. The largest absolute Gasteiger partial charge is 0.495 e. The molecule has 0 bridgehead atoms. The first-order valence-corrected chi connectivity index (χ1v) is 9.19. The lowest BCUT2D eigenvalue weighted by atomic mass is 10.1. The lowest BCUT2D eigenvalue weighted by Crippen LogP contribution is -2.08. The van der Waals surface area contributed by atoms with Gasteiger partial charge in [-0.1, -0.05) is 42.5 Å². The van der Waals surface area contributed by atoms with Crippen molar-refractivity contribution in [2.45, 2.75) is 9.79 Å². The second-order valence-corrected chi connectivity index (χ2v) is 7.00. The molecule has 1 aliphatic heterocycles. The van der Waals surface area contributed by atoms with E-state index in [0.717, 1.165) is 16.3 Å². The smallest absolute Gasteiger partial charge is 0.217 e. The van der Waals surface area contributed by atoms with E-state index in [4.69, 9.17) is 9.47 Å². The van der Waals surface area contributed by atoms with Gasteiger partial charge in [-0.05, 0) is 23.6 Å². The summed E-state index contributed by atoms with van der Waals surface area (Å²) < 4.78 is 24.6. The van der Waals surface area contributed by atoms with Crippen LogP contribution in [-0.2, 0) is 15.5 Å². The van der Waals surface area contributed by atoms with E-state index in [0.29, 0.717) is 34.6 Å². The first-order valence-electron chi connectivity index (χ1n) is 8.04. The Balaban J connectivity index is 1.92. The summed E-state index contributed by atoms with van der Waals surface area (Å²) in [6.45, 7) is 1.20. The third-order valence-corrected chi connectivity index (χ3v) is 5.70. The van der Waals surface area contributed by atoms with Crippen LogP contribution in [-0.4, -0.2) is 30.4 Å². The monoisotopic (exact) mass is 351 g/mol. The number of ether oxygens (including phenoxy) is 2. The minimum Gasteiger partial charge on any atom is -0.495 e. The zero-order valence-electron chi connectivity index (χ0n) is 13.8. The number of nitrogens with zero attached hydrogens (tertiary/aromatic N) is 1. The summed E-state index contributed by atoms with van der Waals surface area (Å²) >= 11 is 0. The van der Waals surface area contributed by atoms with Crippen molar-refractivity contribution in [3.63, 3.8) is 0 Å². The van der Waals surface area contributed by atoms with Crippen LogP contribution >= 0.6 is 0 Å². The van der Waals surface area contributed by atoms with E-state index in [1.807, 2.05) is 60.7 Å². The zero-order chi connectivity index (χ0) is 17.2. The Morgan fingerprint density at radius 2 is 1.84 bits per heavy atom. The fourth-order valence-electron chi connectivity index (χ4n) is 2.99. The molecule has 0 aromatic heterocycles. The molecular formula is C20H17NO3S. The third-order valence-electron chi connectivity index (χ3n) is 4.15. The lowest BCUT2D eigenvalue weighted by molar-refractivity contribution is 0.348. The van der Waals surface area contributed by atoms with E-state index in [1.165, 1.54) is 0 Å². The van der Waals surface area contributed by atoms with Gasteiger partial charge >= 0.3 is 0 Å². The highest BCUT2D eigenvalue weighted by Gasteiger charge is 2.22. The van der Waals surface area contributed by atoms with Crippen LogP contribution in [0.5, 0.6) is 5.75 Å². The van der Waals surface area contributed by atoms with Crippen molar-refractivity contribution in [3.8, 4) is 5.75 Å². The van der Waals surface area contributed by atoms with Crippen molar-refractivity contribution in [2.75, 3.05) is 20.3 Å². The molecule has 0 fully saturated rings. The summed E-state index contributed by atoms with van der Waals surface area (Å²) in [6, 6.07) is 19.3. The SMILES string of the molecule is COc1ccc2ccccc2c1S(=O)c1ccccc1C1=NCCO1. The van der Waals surface area contributed by atoms with E-state index in [9.17, 15) is 4.21 Å². The molecule has 0 spiro atoms. The molecule has 1 heterocycles. The van der Waals surface area contributed by atoms with Crippen LogP contribution in [0.25, 0.3) is 10.8 Å². The van der Waals surface area contributed by atoms with Crippen LogP contribution in [0.3, 0.4) is 0 Å². The Morgan fingerprint density at radius 1 is 1.04 bits per heavy atom. The fourth-order valence-corrected chi connectivity index (χ4v) is 4.48. The number of benzene rings is 3. The second kappa shape index (κ2) is 6.69. The molecule has 25 heavy (non-hydrogen) atoms. The highest BCUT2D eigenvalue weighted by atomic mass is 32.2. The molecular weight excluding hydrogens is 334 g/mol. The maximum absolute atomic E-state index is 13.5. The fraction of sp³-hybridized carbons (Fsp3) is 0.150. The van der Waals surface area contributed by atoms with Crippen molar-refractivity contribution in [3.05, 3.63) is 66.2 Å². The Morgan fingerprint density at radius 3 is 2.64 bits per heavy atom. The second-order valence-electron chi connectivity index (χ2n) is 5.62. The van der Waals surface area contributed by atoms with Crippen molar-refractivity contribution in [1.82, 2.24) is 0 Å². The molecule has 0 aliphatic carbocycles. The van der Waals surface area contributed by atoms with Gasteiger partial charge in [0.15, 0.2) is 0 Å². The molecule has 1 unspecified atom stereocenters. The molecule has 3 aromatic rings. The molecule has 4 rings (SSSR count). The summed E-state index contributed by atoms with van der Waals surface area (Å²) in [5.41, 5.74) is 0.772. The summed E-state index contributed by atoms with van der Waals surface area (Å²) in [6.07, 6.45) is 0. The Hall–Kier alpha value is -2.66. The van der Waals surface area contributed by atoms with E-state index >= 15 is 0 Å². The van der Waals surface area contributed by atoms with Gasteiger partial charge in [-0.3, -0.25) is 0 Å². The molecule has 4 nitrogen and oxygen atoms in total. The number of hydrogen-bond acceptors (Lipinski definition) is 4. The molecule has 5 heteroatoms. The first kappa shape index (κ1) is 15.8. The topological polar surface area (TPSA) is 47.9 Å². The average molecular weight is 351 g/mol. The Bertz CT molecular complexity index is 997. The van der Waals surface area contributed by atoms with Crippen molar-refractivity contribution in [1.29, 1.82) is 0 Å². The number of aliphatic imine (C=N–C) groups is 1. The summed E-state index contributed by atoms with van der Waals surface area (Å²) in [5, 5.41) is 1.95. The van der Waals surface area contributed by atoms with Gasteiger partial charge in [0, 0.05) is 5.39 Å². The standard InChI is InChI=1S/C20H17NO3S/c1-23-17-11-10-14-6-2-3-7-15(14)19(17)25(22)18-9-5-4-8-16(18)20-21-12-13-24-20/h2-11H,12-13H2,1H3. The van der Waals surface area contributed by atoms with Crippen LogP contribution in [0.1, 0.15) is 5.56 Å². The minimum absolute atomic E-state index is 0.558. The minimum atomic E-state index is -1.43. The molecule has 0 N–H and O–H groups in total. The van der Waals surface area contributed by atoms with Gasteiger partial charge in [0.05, 0.1) is 39.8 Å².